The van der Waals surface area contributed by atoms with Crippen LogP contribution in [0, 0.1) is 6.92 Å². The van der Waals surface area contributed by atoms with Crippen molar-refractivity contribution in [1.29, 1.82) is 0 Å². The van der Waals surface area contributed by atoms with Gasteiger partial charge in [0, 0.05) is 19.1 Å². The van der Waals surface area contributed by atoms with Gasteiger partial charge < -0.3 is 10.6 Å². The van der Waals surface area contributed by atoms with Gasteiger partial charge in [0.1, 0.15) is 0 Å². The molecule has 0 bridgehead atoms. The van der Waals surface area contributed by atoms with Crippen molar-refractivity contribution in [2.45, 2.75) is 43.7 Å². The van der Waals surface area contributed by atoms with Crippen molar-refractivity contribution in [1.82, 2.24) is 10.6 Å². The molecule has 6 heteroatoms. The first-order valence-electron chi connectivity index (χ1n) is 7.20. The van der Waals surface area contributed by atoms with Gasteiger partial charge in [-0.2, -0.15) is 0 Å². The second-order valence-corrected chi connectivity index (χ2v) is 7.66. The van der Waals surface area contributed by atoms with E-state index in [1.165, 1.54) is 0 Å². The summed E-state index contributed by atoms with van der Waals surface area (Å²) in [6.45, 7) is 3.79. The highest BCUT2D eigenvalue weighted by Crippen LogP contribution is 2.18. The summed E-state index contributed by atoms with van der Waals surface area (Å²) < 4.78 is 24.7. The standard InChI is InChI=1S/C15H23N3O2S/c1-11-4-8-14(9-5-11)21(19,20)10-12(2)17-15(16-3)18-13-6-7-13/h4-5,8-9,12-13H,6-7,10H2,1-3H3,(H2,16,17,18). The van der Waals surface area contributed by atoms with Crippen LogP contribution in [-0.2, 0) is 9.84 Å². The highest BCUT2D eigenvalue weighted by molar-refractivity contribution is 7.91. The lowest BCUT2D eigenvalue weighted by Gasteiger charge is -2.18. The van der Waals surface area contributed by atoms with Crippen LogP contribution in [0.15, 0.2) is 34.2 Å². The molecule has 0 aromatic heterocycles. The molecule has 2 rings (SSSR count). The fraction of sp³-hybridized carbons (Fsp3) is 0.533. The summed E-state index contributed by atoms with van der Waals surface area (Å²) in [5.41, 5.74) is 1.05. The molecule has 116 valence electrons. The van der Waals surface area contributed by atoms with E-state index in [0.29, 0.717) is 16.9 Å². The predicted octanol–water partition coefficient (Wildman–Crippen LogP) is 1.48. The van der Waals surface area contributed by atoms with E-state index in [0.717, 1.165) is 18.4 Å². The molecule has 1 aromatic rings. The number of guanidine groups is 1. The van der Waals surface area contributed by atoms with E-state index < -0.39 is 9.84 Å². The number of nitrogens with zero attached hydrogens (tertiary/aromatic N) is 1. The average molecular weight is 309 g/mol. The monoisotopic (exact) mass is 309 g/mol. The molecule has 0 radical (unpaired) electrons. The van der Waals surface area contributed by atoms with Gasteiger partial charge in [-0.25, -0.2) is 8.42 Å². The fourth-order valence-corrected chi connectivity index (χ4v) is 3.52. The largest absolute Gasteiger partial charge is 0.354 e. The fourth-order valence-electron chi connectivity index (χ4n) is 2.04. The second-order valence-electron chi connectivity index (χ2n) is 5.63. The molecule has 0 saturated heterocycles. The van der Waals surface area contributed by atoms with Crippen LogP contribution in [0.1, 0.15) is 25.3 Å². The Bertz CT molecular complexity index is 604. The van der Waals surface area contributed by atoms with Crippen molar-refractivity contribution in [3.63, 3.8) is 0 Å². The lowest BCUT2D eigenvalue weighted by atomic mass is 10.2. The van der Waals surface area contributed by atoms with Gasteiger partial charge >= 0.3 is 0 Å². The van der Waals surface area contributed by atoms with E-state index in [-0.39, 0.29) is 11.8 Å². The summed E-state index contributed by atoms with van der Waals surface area (Å²) in [6.07, 6.45) is 2.30. The highest BCUT2D eigenvalue weighted by atomic mass is 32.2. The van der Waals surface area contributed by atoms with E-state index in [9.17, 15) is 8.42 Å². The van der Waals surface area contributed by atoms with Gasteiger partial charge in [0.2, 0.25) is 0 Å². The third kappa shape index (κ3) is 4.74. The molecule has 0 spiro atoms. The lowest BCUT2D eigenvalue weighted by Crippen LogP contribution is -2.45. The molecule has 1 unspecified atom stereocenters. The van der Waals surface area contributed by atoms with Crippen LogP contribution in [-0.4, -0.2) is 39.3 Å². The van der Waals surface area contributed by atoms with Crippen molar-refractivity contribution < 1.29 is 8.42 Å². The minimum Gasteiger partial charge on any atom is -0.354 e. The van der Waals surface area contributed by atoms with Gasteiger partial charge in [0.25, 0.3) is 0 Å². The number of benzene rings is 1. The van der Waals surface area contributed by atoms with Crippen LogP contribution in [0.3, 0.4) is 0 Å². The smallest absolute Gasteiger partial charge is 0.191 e. The van der Waals surface area contributed by atoms with Gasteiger partial charge in [-0.1, -0.05) is 17.7 Å². The summed E-state index contributed by atoms with van der Waals surface area (Å²) in [7, 11) is -1.59. The maximum absolute atomic E-state index is 12.4. The number of rotatable bonds is 5. The number of aliphatic imine (C=N–C) groups is 1. The average Bonchev–Trinajstić information content (AvgIpc) is 3.21. The summed E-state index contributed by atoms with van der Waals surface area (Å²) in [5.74, 6) is 0.714. The predicted molar refractivity (Wildman–Crippen MR) is 85.3 cm³/mol. The SMILES string of the molecule is CN=C(NC(C)CS(=O)(=O)c1ccc(C)cc1)NC1CC1. The lowest BCUT2D eigenvalue weighted by molar-refractivity contribution is 0.583. The van der Waals surface area contributed by atoms with E-state index in [4.69, 9.17) is 0 Å². The Kier molecular flexibility index (Phi) is 4.88. The molecule has 0 aliphatic heterocycles. The van der Waals surface area contributed by atoms with Crippen LogP contribution >= 0.6 is 0 Å². The number of aryl methyl sites for hydroxylation is 1. The van der Waals surface area contributed by atoms with E-state index >= 15 is 0 Å². The molecule has 0 heterocycles. The molecule has 5 nitrogen and oxygen atoms in total. The molecular weight excluding hydrogens is 286 g/mol. The third-order valence-corrected chi connectivity index (χ3v) is 5.30. The van der Waals surface area contributed by atoms with Crippen molar-refractivity contribution in [3.05, 3.63) is 29.8 Å². The van der Waals surface area contributed by atoms with Crippen LogP contribution in [0.25, 0.3) is 0 Å². The summed E-state index contributed by atoms with van der Waals surface area (Å²) in [6, 6.07) is 7.24. The molecule has 1 aliphatic carbocycles. The Labute approximate surface area is 126 Å². The Balaban J connectivity index is 1.96. The Hall–Kier alpha value is -1.56. The van der Waals surface area contributed by atoms with Gasteiger partial charge in [-0.3, -0.25) is 4.99 Å². The first-order valence-corrected chi connectivity index (χ1v) is 8.85. The number of hydrogen-bond acceptors (Lipinski definition) is 3. The van der Waals surface area contributed by atoms with Gasteiger partial charge in [-0.05, 0) is 38.8 Å². The molecule has 1 aromatic carbocycles. The van der Waals surface area contributed by atoms with Crippen LogP contribution in [0.5, 0.6) is 0 Å². The van der Waals surface area contributed by atoms with E-state index in [1.54, 1.807) is 19.2 Å². The molecule has 1 saturated carbocycles. The molecular formula is C15H23N3O2S. The second kappa shape index (κ2) is 6.47. The quantitative estimate of drug-likeness (QED) is 0.638. The first kappa shape index (κ1) is 15.8. The molecule has 1 atom stereocenters. The van der Waals surface area contributed by atoms with E-state index in [2.05, 4.69) is 15.6 Å². The Morgan fingerprint density at radius 2 is 1.95 bits per heavy atom. The van der Waals surface area contributed by atoms with Crippen LogP contribution in [0.4, 0.5) is 0 Å². The maximum Gasteiger partial charge on any atom is 0.191 e. The topological polar surface area (TPSA) is 70.6 Å². The first-order chi connectivity index (χ1) is 9.90. The van der Waals surface area contributed by atoms with Crippen LogP contribution in [0.2, 0.25) is 0 Å². The summed E-state index contributed by atoms with van der Waals surface area (Å²) in [4.78, 5) is 4.49. The molecule has 1 fully saturated rings. The van der Waals surface area contributed by atoms with Crippen molar-refractivity contribution >= 4 is 15.8 Å². The third-order valence-electron chi connectivity index (χ3n) is 3.37. The summed E-state index contributed by atoms with van der Waals surface area (Å²) >= 11 is 0. The Morgan fingerprint density at radius 1 is 1.33 bits per heavy atom. The number of nitrogens with one attached hydrogen (secondary N) is 2. The van der Waals surface area contributed by atoms with Crippen molar-refractivity contribution in [2.24, 2.45) is 4.99 Å². The maximum atomic E-state index is 12.4. The molecule has 0 amide bonds. The van der Waals surface area contributed by atoms with E-state index in [1.807, 2.05) is 26.0 Å². The normalized spacial score (nSPS) is 17.4. The zero-order chi connectivity index (χ0) is 15.5. The Morgan fingerprint density at radius 3 is 2.48 bits per heavy atom. The van der Waals surface area contributed by atoms with Gasteiger partial charge in [-0.15, -0.1) is 0 Å². The molecule has 2 N–H and O–H groups in total. The molecule has 21 heavy (non-hydrogen) atoms. The van der Waals surface area contributed by atoms with Gasteiger partial charge in [0.15, 0.2) is 15.8 Å². The molecule has 1 aliphatic rings. The van der Waals surface area contributed by atoms with Crippen LogP contribution < -0.4 is 10.6 Å². The summed E-state index contributed by atoms with van der Waals surface area (Å²) in [5, 5.41) is 6.38. The van der Waals surface area contributed by atoms with Crippen molar-refractivity contribution in [3.8, 4) is 0 Å². The van der Waals surface area contributed by atoms with Crippen molar-refractivity contribution in [2.75, 3.05) is 12.8 Å². The number of sulfone groups is 1. The van der Waals surface area contributed by atoms with Gasteiger partial charge in [0.05, 0.1) is 10.6 Å². The number of hydrogen-bond donors (Lipinski definition) is 2. The highest BCUT2D eigenvalue weighted by Gasteiger charge is 2.24. The minimum absolute atomic E-state index is 0.0431. The zero-order valence-electron chi connectivity index (χ0n) is 12.8. The minimum atomic E-state index is -3.29. The zero-order valence-corrected chi connectivity index (χ0v) is 13.6.